The number of hydrogen-bond acceptors (Lipinski definition) is 4. The van der Waals surface area contributed by atoms with Crippen molar-refractivity contribution in [3.8, 4) is 5.75 Å². The van der Waals surface area contributed by atoms with Crippen molar-refractivity contribution < 1.29 is 14.3 Å². The van der Waals surface area contributed by atoms with Gasteiger partial charge in [0, 0.05) is 37.1 Å². The van der Waals surface area contributed by atoms with Gasteiger partial charge in [0.2, 0.25) is 0 Å². The van der Waals surface area contributed by atoms with Crippen molar-refractivity contribution in [3.05, 3.63) is 59.9 Å². The van der Waals surface area contributed by atoms with E-state index < -0.39 is 0 Å². The second kappa shape index (κ2) is 8.47. The van der Waals surface area contributed by atoms with Gasteiger partial charge in [-0.15, -0.1) is 0 Å². The Bertz CT molecular complexity index is 739. The van der Waals surface area contributed by atoms with Crippen LogP contribution in [0, 0.1) is 0 Å². The Hall–Kier alpha value is -2.89. The number of carbonyl (C=O) groups is 2. The van der Waals surface area contributed by atoms with Gasteiger partial charge in [-0.05, 0) is 56.2 Å². The van der Waals surface area contributed by atoms with Gasteiger partial charge in [0.05, 0.1) is 12.2 Å². The molecule has 1 saturated heterocycles. The van der Waals surface area contributed by atoms with E-state index in [0.717, 1.165) is 18.6 Å². The monoisotopic (exact) mass is 353 g/mol. The second-order valence-corrected chi connectivity index (χ2v) is 6.24. The summed E-state index contributed by atoms with van der Waals surface area (Å²) in [5.74, 6) is 0.667. The first-order chi connectivity index (χ1) is 12.7. The van der Waals surface area contributed by atoms with Gasteiger partial charge < -0.3 is 15.0 Å². The first kappa shape index (κ1) is 17.9. The third kappa shape index (κ3) is 4.39. The van der Waals surface area contributed by atoms with E-state index in [2.05, 4.69) is 10.3 Å². The molecule has 0 spiro atoms. The summed E-state index contributed by atoms with van der Waals surface area (Å²) >= 11 is 0. The van der Waals surface area contributed by atoms with Gasteiger partial charge in [-0.1, -0.05) is 0 Å². The largest absolute Gasteiger partial charge is 0.494 e. The molecule has 1 fully saturated rings. The molecule has 1 aromatic heterocycles. The summed E-state index contributed by atoms with van der Waals surface area (Å²) < 4.78 is 5.40. The van der Waals surface area contributed by atoms with Crippen LogP contribution in [0.5, 0.6) is 5.75 Å². The number of amides is 2. The highest BCUT2D eigenvalue weighted by molar-refractivity contribution is 5.95. The lowest BCUT2D eigenvalue weighted by Crippen LogP contribution is -2.46. The molecule has 1 aromatic carbocycles. The third-order valence-corrected chi connectivity index (χ3v) is 4.45. The molecule has 1 aliphatic heterocycles. The van der Waals surface area contributed by atoms with Crippen molar-refractivity contribution in [1.29, 1.82) is 0 Å². The number of aromatic nitrogens is 1. The Labute approximate surface area is 153 Å². The lowest BCUT2D eigenvalue weighted by atomic mass is 10.0. The fraction of sp³-hybridized carbons (Fsp3) is 0.350. The van der Waals surface area contributed by atoms with Crippen molar-refractivity contribution in [2.75, 3.05) is 19.7 Å². The topological polar surface area (TPSA) is 71.5 Å². The molecule has 2 heterocycles. The molecule has 0 atom stereocenters. The highest BCUT2D eigenvalue weighted by atomic mass is 16.5. The average Bonchev–Trinajstić information content (AvgIpc) is 2.69. The lowest BCUT2D eigenvalue weighted by molar-refractivity contribution is 0.0698. The Morgan fingerprint density at radius 3 is 2.50 bits per heavy atom. The van der Waals surface area contributed by atoms with Crippen LogP contribution in [0.15, 0.2) is 48.8 Å². The molecule has 1 N–H and O–H groups in total. The number of carbonyl (C=O) groups excluding carboxylic acids is 2. The fourth-order valence-corrected chi connectivity index (χ4v) is 3.04. The van der Waals surface area contributed by atoms with Crippen LogP contribution in [0.3, 0.4) is 0 Å². The molecular formula is C20H23N3O3. The summed E-state index contributed by atoms with van der Waals surface area (Å²) in [4.78, 5) is 30.6. The fourth-order valence-electron chi connectivity index (χ4n) is 3.04. The lowest BCUT2D eigenvalue weighted by Gasteiger charge is -2.32. The zero-order chi connectivity index (χ0) is 18.4. The highest BCUT2D eigenvalue weighted by Gasteiger charge is 2.24. The Kier molecular flexibility index (Phi) is 5.84. The van der Waals surface area contributed by atoms with Crippen LogP contribution in [0.2, 0.25) is 0 Å². The summed E-state index contributed by atoms with van der Waals surface area (Å²) in [6.45, 7) is 3.79. The molecule has 0 unspecified atom stereocenters. The standard InChI is InChI=1S/C20H23N3O3/c1-2-26-18-7-5-15(6-8-18)20(25)23-12-9-17(10-13-23)22-19(24)16-4-3-11-21-14-16/h3-8,11,14,17H,2,9-10,12-13H2,1H3,(H,22,24). The van der Waals surface area contributed by atoms with E-state index >= 15 is 0 Å². The molecule has 0 aliphatic carbocycles. The zero-order valence-electron chi connectivity index (χ0n) is 14.9. The quantitative estimate of drug-likeness (QED) is 0.897. The van der Waals surface area contributed by atoms with E-state index in [1.54, 1.807) is 36.7 Å². The summed E-state index contributed by atoms with van der Waals surface area (Å²) in [6, 6.07) is 10.8. The van der Waals surface area contributed by atoms with E-state index in [0.29, 0.717) is 30.8 Å². The van der Waals surface area contributed by atoms with Gasteiger partial charge in [0.25, 0.3) is 11.8 Å². The number of benzene rings is 1. The normalized spacial score (nSPS) is 14.7. The van der Waals surface area contributed by atoms with Gasteiger partial charge >= 0.3 is 0 Å². The minimum Gasteiger partial charge on any atom is -0.494 e. The first-order valence-electron chi connectivity index (χ1n) is 8.90. The maximum atomic E-state index is 12.6. The molecule has 1 aliphatic rings. The van der Waals surface area contributed by atoms with Crippen LogP contribution in [0.25, 0.3) is 0 Å². The number of likely N-dealkylation sites (tertiary alicyclic amines) is 1. The van der Waals surface area contributed by atoms with Gasteiger partial charge in [-0.25, -0.2) is 0 Å². The first-order valence-corrected chi connectivity index (χ1v) is 8.90. The van der Waals surface area contributed by atoms with E-state index in [1.807, 2.05) is 24.0 Å². The number of nitrogens with zero attached hydrogens (tertiary/aromatic N) is 2. The van der Waals surface area contributed by atoms with Crippen molar-refractivity contribution in [2.24, 2.45) is 0 Å². The van der Waals surface area contributed by atoms with Crippen LogP contribution in [-0.4, -0.2) is 47.4 Å². The minimum absolute atomic E-state index is 0.0186. The Balaban J connectivity index is 1.51. The maximum Gasteiger partial charge on any atom is 0.253 e. The molecule has 136 valence electrons. The van der Waals surface area contributed by atoms with Gasteiger partial charge in [0.1, 0.15) is 5.75 Å². The molecular weight excluding hydrogens is 330 g/mol. The second-order valence-electron chi connectivity index (χ2n) is 6.24. The summed E-state index contributed by atoms with van der Waals surface area (Å²) in [5, 5.41) is 3.02. The van der Waals surface area contributed by atoms with Crippen molar-refractivity contribution in [2.45, 2.75) is 25.8 Å². The molecule has 2 amide bonds. The summed E-state index contributed by atoms with van der Waals surface area (Å²) in [6.07, 6.45) is 4.69. The van der Waals surface area contributed by atoms with Crippen LogP contribution >= 0.6 is 0 Å². The number of rotatable bonds is 5. The van der Waals surface area contributed by atoms with E-state index in [9.17, 15) is 9.59 Å². The predicted molar refractivity (Wildman–Crippen MR) is 98.2 cm³/mol. The molecule has 2 aromatic rings. The van der Waals surface area contributed by atoms with Crippen LogP contribution in [0.1, 0.15) is 40.5 Å². The van der Waals surface area contributed by atoms with Crippen LogP contribution < -0.4 is 10.1 Å². The van der Waals surface area contributed by atoms with Gasteiger partial charge in [0.15, 0.2) is 0 Å². The number of hydrogen-bond donors (Lipinski definition) is 1. The molecule has 6 nitrogen and oxygen atoms in total. The number of nitrogens with one attached hydrogen (secondary N) is 1. The minimum atomic E-state index is -0.116. The van der Waals surface area contributed by atoms with Gasteiger partial charge in [-0.2, -0.15) is 0 Å². The molecule has 0 saturated carbocycles. The third-order valence-electron chi connectivity index (χ3n) is 4.45. The van der Waals surface area contributed by atoms with Crippen molar-refractivity contribution in [1.82, 2.24) is 15.2 Å². The van der Waals surface area contributed by atoms with E-state index in [1.165, 1.54) is 0 Å². The van der Waals surface area contributed by atoms with Crippen molar-refractivity contribution in [3.63, 3.8) is 0 Å². The Morgan fingerprint density at radius 1 is 1.15 bits per heavy atom. The maximum absolute atomic E-state index is 12.6. The van der Waals surface area contributed by atoms with Gasteiger partial charge in [-0.3, -0.25) is 14.6 Å². The molecule has 3 rings (SSSR count). The number of ether oxygens (including phenoxy) is 1. The average molecular weight is 353 g/mol. The molecule has 0 radical (unpaired) electrons. The number of pyridine rings is 1. The molecule has 6 heteroatoms. The number of piperidine rings is 1. The predicted octanol–water partition coefficient (Wildman–Crippen LogP) is 2.51. The Morgan fingerprint density at radius 2 is 1.88 bits per heavy atom. The smallest absolute Gasteiger partial charge is 0.253 e. The SMILES string of the molecule is CCOc1ccc(C(=O)N2CCC(NC(=O)c3cccnc3)CC2)cc1. The van der Waals surface area contributed by atoms with E-state index in [4.69, 9.17) is 4.74 Å². The van der Waals surface area contributed by atoms with Crippen LogP contribution in [0.4, 0.5) is 0 Å². The molecule has 0 bridgehead atoms. The van der Waals surface area contributed by atoms with E-state index in [-0.39, 0.29) is 17.9 Å². The highest BCUT2D eigenvalue weighted by Crippen LogP contribution is 2.17. The van der Waals surface area contributed by atoms with Crippen molar-refractivity contribution >= 4 is 11.8 Å². The zero-order valence-corrected chi connectivity index (χ0v) is 14.9. The summed E-state index contributed by atoms with van der Waals surface area (Å²) in [5.41, 5.74) is 1.21. The van der Waals surface area contributed by atoms with Crippen LogP contribution in [-0.2, 0) is 0 Å². The summed E-state index contributed by atoms with van der Waals surface area (Å²) in [7, 11) is 0. The molecule has 26 heavy (non-hydrogen) atoms.